The Hall–Kier alpha value is -4.52. The van der Waals surface area contributed by atoms with Gasteiger partial charge in [-0.15, -0.1) is 0 Å². The lowest BCUT2D eigenvalue weighted by atomic mass is 9.80. The summed E-state index contributed by atoms with van der Waals surface area (Å²) in [5.41, 5.74) is 3.55. The van der Waals surface area contributed by atoms with E-state index in [2.05, 4.69) is 36.5 Å². The van der Waals surface area contributed by atoms with Gasteiger partial charge < -0.3 is 19.2 Å². The summed E-state index contributed by atoms with van der Waals surface area (Å²) in [6.07, 6.45) is 3.34. The van der Waals surface area contributed by atoms with Crippen LogP contribution in [0.1, 0.15) is 58.5 Å². The maximum atomic E-state index is 13.5. The molecule has 3 heterocycles. The van der Waals surface area contributed by atoms with Gasteiger partial charge in [0.25, 0.3) is 5.91 Å². The molecule has 0 aliphatic carbocycles. The van der Waals surface area contributed by atoms with E-state index in [1.807, 2.05) is 49.4 Å². The Balaban J connectivity index is 1.20. The number of amides is 2. The number of nitrogens with zero attached hydrogens (tertiary/aromatic N) is 1. The van der Waals surface area contributed by atoms with Gasteiger partial charge in [-0.25, -0.2) is 0 Å². The second-order valence-corrected chi connectivity index (χ2v) is 10.7. The van der Waals surface area contributed by atoms with E-state index in [0.29, 0.717) is 47.9 Å². The summed E-state index contributed by atoms with van der Waals surface area (Å²) in [5, 5.41) is 3.00. The van der Waals surface area contributed by atoms with E-state index >= 15 is 0 Å². The molecule has 0 saturated carbocycles. The van der Waals surface area contributed by atoms with Gasteiger partial charge in [0, 0.05) is 42.1 Å². The number of nitrogens with one attached hydrogen (secondary N) is 1. The molecular formula is C33H32N2O5. The zero-order valence-electron chi connectivity index (χ0n) is 22.7. The van der Waals surface area contributed by atoms with Crippen molar-refractivity contribution >= 4 is 17.5 Å². The highest BCUT2D eigenvalue weighted by atomic mass is 16.5. The normalized spacial score (nSPS) is 19.5. The van der Waals surface area contributed by atoms with Gasteiger partial charge in [0.1, 0.15) is 12.4 Å². The lowest BCUT2D eigenvalue weighted by molar-refractivity contribution is -0.127. The molecular weight excluding hydrogens is 504 g/mol. The van der Waals surface area contributed by atoms with E-state index < -0.39 is 5.72 Å². The fourth-order valence-corrected chi connectivity index (χ4v) is 5.71. The summed E-state index contributed by atoms with van der Waals surface area (Å²) >= 11 is 0. The van der Waals surface area contributed by atoms with Crippen LogP contribution in [0.2, 0.25) is 0 Å². The number of ether oxygens (including phenoxy) is 2. The van der Waals surface area contributed by atoms with Crippen LogP contribution in [0.4, 0.5) is 5.69 Å². The Morgan fingerprint density at radius 2 is 1.90 bits per heavy atom. The molecule has 2 atom stereocenters. The minimum atomic E-state index is -0.933. The number of furan rings is 1. The summed E-state index contributed by atoms with van der Waals surface area (Å²) in [6, 6.07) is 25.0. The van der Waals surface area contributed by atoms with Crippen molar-refractivity contribution in [2.24, 2.45) is 0 Å². The average Bonchev–Trinajstić information content (AvgIpc) is 3.46. The maximum Gasteiger partial charge on any atom is 0.251 e. The van der Waals surface area contributed by atoms with Crippen LogP contribution < -0.4 is 19.7 Å². The quantitative estimate of drug-likeness (QED) is 0.292. The number of rotatable bonds is 8. The summed E-state index contributed by atoms with van der Waals surface area (Å²) in [5.74, 6) is 1.77. The SMILES string of the molecule is Cc1ccc(CCNC(=O)c2cccc(N3C(=O)CC4CC3(C)Oc3c(OCc5ccco5)cccc34)c2)cc1. The minimum Gasteiger partial charge on any atom is -0.482 e. The lowest BCUT2D eigenvalue weighted by Gasteiger charge is -2.50. The molecule has 2 aliphatic rings. The lowest BCUT2D eigenvalue weighted by Crippen LogP contribution is -2.60. The highest BCUT2D eigenvalue weighted by molar-refractivity contribution is 5.99. The van der Waals surface area contributed by atoms with Crippen molar-refractivity contribution in [3.05, 3.63) is 113 Å². The predicted octanol–water partition coefficient (Wildman–Crippen LogP) is 6.16. The van der Waals surface area contributed by atoms with E-state index in [-0.39, 0.29) is 24.3 Å². The van der Waals surface area contributed by atoms with Crippen molar-refractivity contribution in [1.29, 1.82) is 0 Å². The first-order valence-electron chi connectivity index (χ1n) is 13.6. The number of carbonyl (C=O) groups excluding carboxylic acids is 2. The Kier molecular flexibility index (Phi) is 6.80. The molecule has 6 rings (SSSR count). The Bertz CT molecular complexity index is 1530. The van der Waals surface area contributed by atoms with Crippen LogP contribution in [-0.4, -0.2) is 24.1 Å². The van der Waals surface area contributed by atoms with Crippen LogP contribution in [0, 0.1) is 6.92 Å². The Morgan fingerprint density at radius 3 is 2.70 bits per heavy atom. The van der Waals surface area contributed by atoms with Gasteiger partial charge in [-0.2, -0.15) is 0 Å². The summed E-state index contributed by atoms with van der Waals surface area (Å²) in [4.78, 5) is 28.2. The smallest absolute Gasteiger partial charge is 0.251 e. The molecule has 0 radical (unpaired) electrons. The van der Waals surface area contributed by atoms with Crippen molar-refractivity contribution in [2.75, 3.05) is 11.4 Å². The molecule has 2 unspecified atom stereocenters. The van der Waals surface area contributed by atoms with Gasteiger partial charge in [0.05, 0.1) is 6.26 Å². The van der Waals surface area contributed by atoms with Crippen LogP contribution >= 0.6 is 0 Å². The number of carbonyl (C=O) groups is 2. The van der Waals surface area contributed by atoms with E-state index in [0.717, 1.165) is 12.0 Å². The van der Waals surface area contributed by atoms with Gasteiger partial charge in [0.15, 0.2) is 17.2 Å². The van der Waals surface area contributed by atoms with Crippen molar-refractivity contribution in [3.8, 4) is 11.5 Å². The second-order valence-electron chi connectivity index (χ2n) is 10.7. The van der Waals surface area contributed by atoms with Crippen molar-refractivity contribution in [1.82, 2.24) is 5.32 Å². The molecule has 7 nitrogen and oxygen atoms in total. The number of hydrogen-bond acceptors (Lipinski definition) is 5. The van der Waals surface area contributed by atoms with Gasteiger partial charge in [-0.3, -0.25) is 14.5 Å². The summed E-state index contributed by atoms with van der Waals surface area (Å²) < 4.78 is 18.1. The third-order valence-electron chi connectivity index (χ3n) is 7.68. The molecule has 2 amide bonds. The molecule has 204 valence electrons. The first-order valence-corrected chi connectivity index (χ1v) is 13.6. The van der Waals surface area contributed by atoms with Crippen LogP contribution in [-0.2, 0) is 17.8 Å². The van der Waals surface area contributed by atoms with Crippen molar-refractivity contribution < 1.29 is 23.5 Å². The van der Waals surface area contributed by atoms with Gasteiger partial charge in [-0.05, 0) is 62.2 Å². The third-order valence-corrected chi connectivity index (χ3v) is 7.68. The number of benzene rings is 3. The van der Waals surface area contributed by atoms with E-state index in [1.54, 1.807) is 23.3 Å². The molecule has 7 heteroatoms. The Labute approximate surface area is 233 Å². The largest absolute Gasteiger partial charge is 0.482 e. The van der Waals surface area contributed by atoms with E-state index in [4.69, 9.17) is 13.9 Å². The van der Waals surface area contributed by atoms with E-state index in [1.165, 1.54) is 11.1 Å². The maximum absolute atomic E-state index is 13.5. The topological polar surface area (TPSA) is 81.0 Å². The monoisotopic (exact) mass is 536 g/mol. The second kappa shape index (κ2) is 10.6. The average molecular weight is 537 g/mol. The van der Waals surface area contributed by atoms with Crippen LogP contribution in [0.15, 0.2) is 89.5 Å². The molecule has 2 bridgehead atoms. The molecule has 1 N–H and O–H groups in total. The summed E-state index contributed by atoms with van der Waals surface area (Å²) in [6.45, 7) is 4.78. The first-order chi connectivity index (χ1) is 19.4. The van der Waals surface area contributed by atoms with Gasteiger partial charge in [0.2, 0.25) is 5.91 Å². The number of anilines is 1. The van der Waals surface area contributed by atoms with Gasteiger partial charge in [-0.1, -0.05) is 48.0 Å². The van der Waals surface area contributed by atoms with Crippen molar-refractivity contribution in [2.45, 2.75) is 51.4 Å². The molecule has 1 fully saturated rings. The molecule has 0 spiro atoms. The number of para-hydroxylation sites is 1. The molecule has 4 aromatic rings. The highest BCUT2D eigenvalue weighted by Gasteiger charge is 2.50. The fraction of sp³-hybridized carbons (Fsp3) is 0.273. The summed E-state index contributed by atoms with van der Waals surface area (Å²) in [7, 11) is 0. The highest BCUT2D eigenvalue weighted by Crippen LogP contribution is 2.52. The van der Waals surface area contributed by atoms with E-state index in [9.17, 15) is 9.59 Å². The fourth-order valence-electron chi connectivity index (χ4n) is 5.71. The van der Waals surface area contributed by atoms with Crippen molar-refractivity contribution in [3.63, 3.8) is 0 Å². The number of hydrogen-bond donors (Lipinski definition) is 1. The number of aryl methyl sites for hydroxylation is 1. The van der Waals surface area contributed by atoms with Crippen LogP contribution in [0.25, 0.3) is 0 Å². The molecule has 2 aliphatic heterocycles. The first kappa shape index (κ1) is 25.7. The zero-order valence-corrected chi connectivity index (χ0v) is 22.7. The molecule has 1 saturated heterocycles. The minimum absolute atomic E-state index is 0.0120. The number of fused-ring (bicyclic) bond motifs is 4. The standard InChI is InChI=1S/C33H32N2O5/c1-22-11-13-23(14-12-22)15-16-34-32(37)24-6-3-7-26(18-24)35-30(36)19-25-20-33(35,2)40-31-28(25)9-4-10-29(31)39-21-27-8-5-17-38-27/h3-14,17-18,25H,15-16,19-21H2,1-2H3,(H,34,37). The molecule has 40 heavy (non-hydrogen) atoms. The van der Waals surface area contributed by atoms with Gasteiger partial charge >= 0.3 is 0 Å². The third kappa shape index (κ3) is 5.07. The number of piperidine rings is 1. The zero-order chi connectivity index (χ0) is 27.7. The molecule has 1 aromatic heterocycles. The van der Waals surface area contributed by atoms with Crippen LogP contribution in [0.3, 0.4) is 0 Å². The Morgan fingerprint density at radius 1 is 1.07 bits per heavy atom. The predicted molar refractivity (Wildman–Crippen MR) is 152 cm³/mol. The van der Waals surface area contributed by atoms with Crippen LogP contribution in [0.5, 0.6) is 11.5 Å². The molecule has 3 aromatic carbocycles.